The van der Waals surface area contributed by atoms with Crippen molar-refractivity contribution in [3.8, 4) is 0 Å². The summed E-state index contributed by atoms with van der Waals surface area (Å²) >= 11 is 1.17. The number of allylic oxidation sites excluding steroid dienone is 2. The van der Waals surface area contributed by atoms with Gasteiger partial charge >= 0.3 is 18.0 Å². The molecule has 0 atom stereocenters. The molecule has 0 aliphatic carbocycles. The second-order valence-corrected chi connectivity index (χ2v) is 4.14. The summed E-state index contributed by atoms with van der Waals surface area (Å²) in [5, 5.41) is 0. The first-order valence-corrected chi connectivity index (χ1v) is 4.17. The summed E-state index contributed by atoms with van der Waals surface area (Å²) in [4.78, 5) is 0. The van der Waals surface area contributed by atoms with Crippen molar-refractivity contribution < 1.29 is 30.7 Å². The molecule has 84 valence electrons. The number of alkyl halides is 7. The predicted molar refractivity (Wildman–Crippen MR) is 43.7 cm³/mol. The predicted octanol–water partition coefficient (Wildman–Crippen LogP) is 4.16. The van der Waals surface area contributed by atoms with Crippen molar-refractivity contribution in [2.24, 2.45) is 0 Å². The summed E-state index contributed by atoms with van der Waals surface area (Å²) in [5.41, 5.74) is -5.27. The van der Waals surface area contributed by atoms with E-state index in [9.17, 15) is 30.7 Å². The van der Waals surface area contributed by atoms with Gasteiger partial charge in [0.2, 0.25) is 0 Å². The van der Waals surface area contributed by atoms with Crippen LogP contribution in [0.15, 0.2) is 9.66 Å². The van der Waals surface area contributed by atoms with Gasteiger partial charge in [-0.1, -0.05) is 0 Å². The average molecular weight is 336 g/mol. The number of rotatable bonds is 1. The molecule has 0 fully saturated rings. The Hall–Kier alpha value is -0.0200. The molecule has 0 bridgehead atoms. The molecular weight excluding hydrogens is 332 g/mol. The van der Waals surface area contributed by atoms with E-state index in [-0.39, 0.29) is 0 Å². The largest absolute Gasteiger partial charge is 0.435 e. The molecule has 0 aliphatic rings. The lowest BCUT2D eigenvalue weighted by Crippen LogP contribution is -2.51. The molecule has 0 aromatic carbocycles. The fourth-order valence-corrected chi connectivity index (χ4v) is 1.03. The highest BCUT2D eigenvalue weighted by molar-refractivity contribution is 14.1. The van der Waals surface area contributed by atoms with Crippen LogP contribution in [-0.2, 0) is 0 Å². The zero-order valence-electron chi connectivity index (χ0n) is 6.60. The van der Waals surface area contributed by atoms with Crippen molar-refractivity contribution >= 4 is 22.6 Å². The summed E-state index contributed by atoms with van der Waals surface area (Å²) in [6, 6.07) is 0. The highest BCUT2D eigenvalue weighted by Crippen LogP contribution is 2.47. The normalized spacial score (nSPS) is 15.9. The number of halogens is 8. The molecule has 8 heteroatoms. The van der Waals surface area contributed by atoms with E-state index >= 15 is 0 Å². The second kappa shape index (κ2) is 3.86. The van der Waals surface area contributed by atoms with Crippen LogP contribution < -0.4 is 0 Å². The maximum atomic E-state index is 12.7. The van der Waals surface area contributed by atoms with Gasteiger partial charge in [0.15, 0.2) is 0 Å². The first-order valence-electron chi connectivity index (χ1n) is 3.09. The van der Waals surface area contributed by atoms with E-state index in [1.807, 2.05) is 0 Å². The molecule has 14 heavy (non-hydrogen) atoms. The minimum Gasteiger partial charge on any atom is -0.219 e. The summed E-state index contributed by atoms with van der Waals surface area (Å²) in [5.74, 6) is 0. The molecule has 0 spiro atoms. The van der Waals surface area contributed by atoms with Gasteiger partial charge in [-0.3, -0.25) is 0 Å². The lowest BCUT2D eigenvalue weighted by molar-refractivity contribution is -0.322. The van der Waals surface area contributed by atoms with Gasteiger partial charge in [0.1, 0.15) is 0 Å². The van der Waals surface area contributed by atoms with E-state index in [1.54, 1.807) is 0 Å². The van der Waals surface area contributed by atoms with Gasteiger partial charge in [-0.25, -0.2) is 4.39 Å². The molecule has 0 nitrogen and oxygen atoms in total. The molecule has 0 saturated carbocycles. The Kier molecular flexibility index (Phi) is 3.85. The SMILES string of the molecule is CC(I)=CC(F)(C(F)(F)F)C(F)(F)F. The maximum Gasteiger partial charge on any atom is 0.435 e. The molecule has 0 rings (SSSR count). The van der Waals surface area contributed by atoms with E-state index in [1.165, 1.54) is 22.6 Å². The third kappa shape index (κ3) is 2.74. The third-order valence-corrected chi connectivity index (χ3v) is 1.53. The Morgan fingerprint density at radius 2 is 1.21 bits per heavy atom. The zero-order chi connectivity index (χ0) is 11.8. The quantitative estimate of drug-likeness (QED) is 0.498. The lowest BCUT2D eigenvalue weighted by atomic mass is 10.1. The molecular formula is C6H4F7I. The van der Waals surface area contributed by atoms with Crippen molar-refractivity contribution in [1.29, 1.82) is 0 Å². The highest BCUT2D eigenvalue weighted by atomic mass is 127. The molecule has 0 aromatic heterocycles. The summed E-state index contributed by atoms with van der Waals surface area (Å²) in [6.07, 6.45) is -12.5. The monoisotopic (exact) mass is 336 g/mol. The highest BCUT2D eigenvalue weighted by Gasteiger charge is 2.71. The van der Waals surface area contributed by atoms with Gasteiger partial charge in [0.05, 0.1) is 0 Å². The fraction of sp³-hybridized carbons (Fsp3) is 0.667. The van der Waals surface area contributed by atoms with Crippen LogP contribution in [0.25, 0.3) is 0 Å². The van der Waals surface area contributed by atoms with Crippen LogP contribution in [0, 0.1) is 0 Å². The average Bonchev–Trinajstić information content (AvgIpc) is 1.79. The van der Waals surface area contributed by atoms with Crippen LogP contribution >= 0.6 is 22.6 Å². The fourth-order valence-electron chi connectivity index (χ4n) is 0.598. The van der Waals surface area contributed by atoms with E-state index in [2.05, 4.69) is 0 Å². The molecule has 0 saturated heterocycles. The first kappa shape index (κ1) is 14.0. The van der Waals surface area contributed by atoms with Gasteiger partial charge in [-0.05, 0) is 39.2 Å². The third-order valence-electron chi connectivity index (χ3n) is 1.22. The summed E-state index contributed by atoms with van der Waals surface area (Å²) in [7, 11) is 0. The van der Waals surface area contributed by atoms with E-state index in [0.717, 1.165) is 6.92 Å². The number of hydrogen-bond acceptors (Lipinski definition) is 0. The van der Waals surface area contributed by atoms with Crippen LogP contribution in [0.4, 0.5) is 30.7 Å². The molecule has 0 unspecified atom stereocenters. The van der Waals surface area contributed by atoms with Crippen LogP contribution in [0.2, 0.25) is 0 Å². The van der Waals surface area contributed by atoms with E-state index < -0.39 is 27.7 Å². The van der Waals surface area contributed by atoms with Gasteiger partial charge in [0, 0.05) is 0 Å². The van der Waals surface area contributed by atoms with Crippen molar-refractivity contribution in [2.45, 2.75) is 24.9 Å². The standard InChI is InChI=1S/C6H4F7I/c1-3(14)2-4(7,5(8,9)10)6(11,12)13/h2H,1H3. The van der Waals surface area contributed by atoms with Crippen LogP contribution in [0.5, 0.6) is 0 Å². The second-order valence-electron chi connectivity index (χ2n) is 2.44. The van der Waals surface area contributed by atoms with Gasteiger partial charge in [-0.2, -0.15) is 26.3 Å². The molecule has 0 aliphatic heterocycles. The molecule has 0 radical (unpaired) electrons. The lowest BCUT2D eigenvalue weighted by Gasteiger charge is -2.27. The molecule has 0 aromatic rings. The summed E-state index contributed by atoms with van der Waals surface area (Å²) in [6.45, 7) is 0.937. The van der Waals surface area contributed by atoms with Crippen molar-refractivity contribution in [1.82, 2.24) is 0 Å². The summed E-state index contributed by atoms with van der Waals surface area (Å²) < 4.78 is 83.2. The Morgan fingerprint density at radius 3 is 1.29 bits per heavy atom. The topological polar surface area (TPSA) is 0 Å². The Morgan fingerprint density at radius 1 is 0.929 bits per heavy atom. The Bertz CT molecular complexity index is 218. The minimum absolute atomic E-state index is 0.431. The smallest absolute Gasteiger partial charge is 0.219 e. The molecule has 0 N–H and O–H groups in total. The van der Waals surface area contributed by atoms with E-state index in [0.29, 0.717) is 0 Å². The van der Waals surface area contributed by atoms with Gasteiger partial charge < -0.3 is 0 Å². The van der Waals surface area contributed by atoms with Crippen LogP contribution in [-0.4, -0.2) is 18.0 Å². The van der Waals surface area contributed by atoms with E-state index in [4.69, 9.17) is 0 Å². The van der Waals surface area contributed by atoms with Crippen LogP contribution in [0.1, 0.15) is 6.92 Å². The number of hydrogen-bond donors (Lipinski definition) is 0. The van der Waals surface area contributed by atoms with Crippen molar-refractivity contribution in [2.75, 3.05) is 0 Å². The van der Waals surface area contributed by atoms with Crippen molar-refractivity contribution in [3.63, 3.8) is 0 Å². The maximum absolute atomic E-state index is 12.7. The first-order chi connectivity index (χ1) is 5.92. The zero-order valence-corrected chi connectivity index (χ0v) is 8.76. The Labute approximate surface area is 88.3 Å². The molecule has 0 amide bonds. The van der Waals surface area contributed by atoms with Gasteiger partial charge in [-0.15, -0.1) is 0 Å². The Balaban J connectivity index is 5.41. The van der Waals surface area contributed by atoms with Gasteiger partial charge in [0.25, 0.3) is 0 Å². The van der Waals surface area contributed by atoms with Crippen molar-refractivity contribution in [3.05, 3.63) is 9.66 Å². The molecule has 0 heterocycles. The van der Waals surface area contributed by atoms with Crippen LogP contribution in [0.3, 0.4) is 0 Å². The minimum atomic E-state index is -6.00.